The van der Waals surface area contributed by atoms with E-state index in [1.54, 1.807) is 6.92 Å². The molecule has 0 radical (unpaired) electrons. The van der Waals surface area contributed by atoms with Gasteiger partial charge in [0.25, 0.3) is 0 Å². The molecule has 102 valence electrons. The van der Waals surface area contributed by atoms with E-state index in [9.17, 15) is 4.79 Å². The highest BCUT2D eigenvalue weighted by atomic mass is 16.5. The first-order chi connectivity index (χ1) is 8.61. The summed E-state index contributed by atoms with van der Waals surface area (Å²) in [6.07, 6.45) is 4.21. The van der Waals surface area contributed by atoms with Crippen molar-refractivity contribution in [2.24, 2.45) is 5.92 Å². The van der Waals surface area contributed by atoms with Gasteiger partial charge in [-0.25, -0.2) is 0 Å². The Hall–Kier alpha value is -1.32. The maximum Gasteiger partial charge on any atom is 0.306 e. The van der Waals surface area contributed by atoms with Gasteiger partial charge in [-0.3, -0.25) is 4.79 Å². The van der Waals surface area contributed by atoms with Gasteiger partial charge in [-0.1, -0.05) is 32.9 Å². The van der Waals surface area contributed by atoms with Crippen molar-refractivity contribution in [3.63, 3.8) is 0 Å². The molecule has 1 aliphatic rings. The van der Waals surface area contributed by atoms with Gasteiger partial charge in [0, 0.05) is 17.9 Å². The quantitative estimate of drug-likeness (QED) is 0.896. The summed E-state index contributed by atoms with van der Waals surface area (Å²) in [7, 11) is 0. The van der Waals surface area contributed by atoms with Gasteiger partial charge < -0.3 is 9.63 Å². The van der Waals surface area contributed by atoms with Crippen LogP contribution in [-0.4, -0.2) is 16.2 Å². The Morgan fingerprint density at radius 2 is 1.89 bits per heavy atom. The summed E-state index contributed by atoms with van der Waals surface area (Å²) in [4.78, 5) is 10.9. The molecule has 2 atom stereocenters. The van der Waals surface area contributed by atoms with Crippen molar-refractivity contribution in [2.45, 2.75) is 59.3 Å². The van der Waals surface area contributed by atoms with E-state index < -0.39 is 11.9 Å². The van der Waals surface area contributed by atoms with Crippen molar-refractivity contribution in [1.82, 2.24) is 5.16 Å². The number of carbonyl (C=O) groups is 1. The van der Waals surface area contributed by atoms with Crippen LogP contribution in [0.2, 0.25) is 0 Å². The summed E-state index contributed by atoms with van der Waals surface area (Å²) in [5, 5.41) is 13.1. The van der Waals surface area contributed by atoms with Gasteiger partial charge in [-0.15, -0.1) is 0 Å². The van der Waals surface area contributed by atoms with Gasteiger partial charge in [-0.05, 0) is 19.3 Å². The number of aliphatic carboxylic acids is 1. The van der Waals surface area contributed by atoms with Crippen LogP contribution in [0.5, 0.6) is 0 Å². The Morgan fingerprint density at radius 3 is 2.50 bits per heavy atom. The van der Waals surface area contributed by atoms with E-state index in [-0.39, 0.29) is 5.92 Å². The number of fused-ring (bicyclic) bond motifs is 1. The van der Waals surface area contributed by atoms with Crippen LogP contribution in [0.1, 0.15) is 63.5 Å². The first-order valence-corrected chi connectivity index (χ1v) is 6.81. The van der Waals surface area contributed by atoms with Gasteiger partial charge in [0.2, 0.25) is 0 Å². The molecule has 0 aromatic carbocycles. The summed E-state index contributed by atoms with van der Waals surface area (Å²) in [5.41, 5.74) is 2.01. The Bertz CT molecular complexity index is 398. The average molecular weight is 253 g/mol. The topological polar surface area (TPSA) is 63.3 Å². The monoisotopic (exact) mass is 253 g/mol. The van der Waals surface area contributed by atoms with E-state index in [2.05, 4.69) is 5.16 Å². The highest BCUT2D eigenvalue weighted by Crippen LogP contribution is 2.32. The number of aryl methyl sites for hydroxylation is 1. The largest absolute Gasteiger partial charge is 0.481 e. The molecule has 0 fully saturated rings. The van der Waals surface area contributed by atoms with Gasteiger partial charge in [0.1, 0.15) is 5.76 Å². The number of hydrogen-bond acceptors (Lipinski definition) is 3. The molecular weight excluding hydrogens is 230 g/mol. The van der Waals surface area contributed by atoms with Crippen molar-refractivity contribution in [2.75, 3.05) is 0 Å². The molecule has 1 aromatic rings. The lowest BCUT2D eigenvalue weighted by molar-refractivity contribution is -0.141. The van der Waals surface area contributed by atoms with Crippen LogP contribution in [0.3, 0.4) is 0 Å². The van der Waals surface area contributed by atoms with Gasteiger partial charge >= 0.3 is 5.97 Å². The molecule has 1 N–H and O–H groups in total. The summed E-state index contributed by atoms with van der Waals surface area (Å²) in [6, 6.07) is 0. The van der Waals surface area contributed by atoms with Crippen molar-refractivity contribution in [1.29, 1.82) is 0 Å². The predicted octanol–water partition coefficient (Wildman–Crippen LogP) is 3.40. The van der Waals surface area contributed by atoms with E-state index in [4.69, 9.17) is 9.63 Å². The minimum atomic E-state index is -0.778. The number of aromatic nitrogens is 1. The van der Waals surface area contributed by atoms with Crippen LogP contribution in [0.25, 0.3) is 0 Å². The molecule has 0 saturated carbocycles. The number of rotatable bonds is 3. The zero-order valence-corrected chi connectivity index (χ0v) is 11.7. The van der Waals surface area contributed by atoms with Crippen LogP contribution < -0.4 is 0 Å². The first-order valence-electron chi connectivity index (χ1n) is 6.81. The molecule has 1 heterocycles. The fourth-order valence-electron chi connectivity index (χ4n) is 2.22. The Kier molecular flexibility index (Phi) is 5.38. The van der Waals surface area contributed by atoms with Gasteiger partial charge in [0.05, 0.1) is 11.6 Å². The number of carboxylic acid groups (broad SMARTS) is 1. The Morgan fingerprint density at radius 1 is 1.28 bits per heavy atom. The number of hydrogen-bond donors (Lipinski definition) is 1. The van der Waals surface area contributed by atoms with E-state index in [1.807, 2.05) is 20.8 Å². The van der Waals surface area contributed by atoms with Crippen LogP contribution in [0.15, 0.2) is 4.52 Å². The third kappa shape index (κ3) is 2.92. The number of carboxylic acids is 1. The zero-order valence-electron chi connectivity index (χ0n) is 11.7. The molecule has 1 aromatic heterocycles. The fraction of sp³-hybridized carbons (Fsp3) is 0.714. The molecule has 0 spiro atoms. The molecule has 18 heavy (non-hydrogen) atoms. The maximum atomic E-state index is 10.9. The Labute approximate surface area is 108 Å². The predicted molar refractivity (Wildman–Crippen MR) is 69.7 cm³/mol. The molecule has 0 bridgehead atoms. The maximum absolute atomic E-state index is 10.9. The Balaban J connectivity index is 0.000000771. The highest BCUT2D eigenvalue weighted by molar-refractivity contribution is 5.70. The molecular formula is C14H23NO3. The number of nitrogens with zero attached hydrogens (tertiary/aromatic N) is 1. The summed E-state index contributed by atoms with van der Waals surface area (Å²) in [6.45, 7) is 7.63. The molecule has 0 aliphatic heterocycles. The first kappa shape index (κ1) is 14.7. The third-order valence-electron chi connectivity index (χ3n) is 3.55. The van der Waals surface area contributed by atoms with Crippen LogP contribution >= 0.6 is 0 Å². The third-order valence-corrected chi connectivity index (χ3v) is 3.55. The second-order valence-corrected chi connectivity index (χ2v) is 4.59. The SMILES string of the molecule is CC.CC(C(=O)O)C(C)c1noc2c1CCCC2. The summed E-state index contributed by atoms with van der Waals surface area (Å²) in [5.74, 6) is -0.315. The lowest BCUT2D eigenvalue weighted by Gasteiger charge is -2.16. The van der Waals surface area contributed by atoms with E-state index in [0.29, 0.717) is 0 Å². The zero-order chi connectivity index (χ0) is 13.7. The van der Waals surface area contributed by atoms with Crippen LogP contribution in [-0.2, 0) is 17.6 Å². The van der Waals surface area contributed by atoms with E-state index in [0.717, 1.165) is 42.7 Å². The van der Waals surface area contributed by atoms with Crippen molar-refractivity contribution < 1.29 is 14.4 Å². The van der Waals surface area contributed by atoms with Crippen molar-refractivity contribution in [3.8, 4) is 0 Å². The van der Waals surface area contributed by atoms with Gasteiger partial charge in [-0.2, -0.15) is 0 Å². The standard InChI is InChI=1S/C12H17NO3.C2H6/c1-7(8(2)12(14)15)11-9-5-3-4-6-10(9)16-13-11;1-2/h7-8H,3-6H2,1-2H3,(H,14,15);1-2H3. The molecule has 0 amide bonds. The molecule has 1 aliphatic carbocycles. The van der Waals surface area contributed by atoms with Crippen LogP contribution in [0.4, 0.5) is 0 Å². The fourth-order valence-corrected chi connectivity index (χ4v) is 2.22. The average Bonchev–Trinajstić information content (AvgIpc) is 2.83. The molecule has 0 saturated heterocycles. The minimum Gasteiger partial charge on any atom is -0.481 e. The summed E-state index contributed by atoms with van der Waals surface area (Å²) >= 11 is 0. The minimum absolute atomic E-state index is 0.0805. The second-order valence-electron chi connectivity index (χ2n) is 4.59. The lowest BCUT2D eigenvalue weighted by atomic mass is 9.86. The second kappa shape index (κ2) is 6.57. The molecule has 2 rings (SSSR count). The van der Waals surface area contributed by atoms with Crippen LogP contribution in [0, 0.1) is 5.92 Å². The van der Waals surface area contributed by atoms with Crippen molar-refractivity contribution in [3.05, 3.63) is 17.0 Å². The van der Waals surface area contributed by atoms with E-state index >= 15 is 0 Å². The smallest absolute Gasteiger partial charge is 0.306 e. The van der Waals surface area contributed by atoms with Gasteiger partial charge in [0.15, 0.2) is 0 Å². The molecule has 4 heteroatoms. The van der Waals surface area contributed by atoms with Crippen molar-refractivity contribution >= 4 is 5.97 Å². The normalized spacial score (nSPS) is 17.1. The van der Waals surface area contributed by atoms with E-state index in [1.165, 1.54) is 0 Å². The molecule has 2 unspecified atom stereocenters. The molecule has 4 nitrogen and oxygen atoms in total. The highest BCUT2D eigenvalue weighted by Gasteiger charge is 2.28. The lowest BCUT2D eigenvalue weighted by Crippen LogP contribution is -2.18. The summed E-state index contributed by atoms with van der Waals surface area (Å²) < 4.78 is 5.30.